The molecule has 1 aliphatic heterocycles. The number of benzene rings is 2. The molecule has 1 saturated heterocycles. The normalized spacial score (nSPS) is 17.1. The third-order valence-electron chi connectivity index (χ3n) is 5.19. The number of piperidine rings is 1. The summed E-state index contributed by atoms with van der Waals surface area (Å²) in [7, 11) is 0. The number of likely N-dealkylation sites (tertiary alicyclic amines) is 1. The van der Waals surface area contributed by atoms with Gasteiger partial charge in [-0.1, -0.05) is 23.7 Å². The summed E-state index contributed by atoms with van der Waals surface area (Å²) in [6.45, 7) is 1.30. The summed E-state index contributed by atoms with van der Waals surface area (Å²) in [5.74, 6) is 0.106. The molecule has 3 aromatic rings. The lowest BCUT2D eigenvalue weighted by atomic mass is 10.0. The zero-order valence-electron chi connectivity index (χ0n) is 16.4. The largest absolute Gasteiger partial charge is 0.351 e. The van der Waals surface area contributed by atoms with E-state index in [1.54, 1.807) is 24.3 Å². The van der Waals surface area contributed by atoms with Gasteiger partial charge >= 0.3 is 0 Å². The molecule has 2 heterocycles. The minimum atomic E-state index is -0.326. The van der Waals surface area contributed by atoms with Crippen molar-refractivity contribution < 1.29 is 18.1 Å². The van der Waals surface area contributed by atoms with E-state index in [2.05, 4.69) is 15.5 Å². The van der Waals surface area contributed by atoms with Crippen molar-refractivity contribution in [1.29, 1.82) is 0 Å². The average molecular weight is 412 g/mol. The van der Waals surface area contributed by atoms with E-state index in [0.717, 1.165) is 31.4 Å². The molecule has 1 amide bonds. The third-order valence-corrected chi connectivity index (χ3v) is 5.19. The van der Waals surface area contributed by atoms with Crippen molar-refractivity contribution >= 4 is 5.91 Å². The highest BCUT2D eigenvalue weighted by molar-refractivity contribution is 5.78. The van der Waals surface area contributed by atoms with Crippen molar-refractivity contribution in [2.75, 3.05) is 13.1 Å². The van der Waals surface area contributed by atoms with Crippen molar-refractivity contribution in [2.45, 2.75) is 31.8 Å². The fraction of sp³-hybridized carbons (Fsp3) is 0.318. The molecule has 0 spiro atoms. The van der Waals surface area contributed by atoms with Gasteiger partial charge in [-0.3, -0.25) is 9.69 Å². The average Bonchev–Trinajstić information content (AvgIpc) is 3.24. The number of aromatic nitrogens is 2. The number of hydrogen-bond acceptors (Lipinski definition) is 5. The Labute approximate surface area is 172 Å². The van der Waals surface area contributed by atoms with E-state index in [0.29, 0.717) is 23.8 Å². The summed E-state index contributed by atoms with van der Waals surface area (Å²) in [5.41, 5.74) is 1.51. The lowest BCUT2D eigenvalue weighted by molar-refractivity contribution is -0.123. The van der Waals surface area contributed by atoms with Crippen LogP contribution in [0.2, 0.25) is 0 Å². The monoisotopic (exact) mass is 412 g/mol. The maximum atomic E-state index is 13.1. The summed E-state index contributed by atoms with van der Waals surface area (Å²) in [6.07, 6.45) is 2.81. The maximum absolute atomic E-state index is 13.1. The molecule has 1 fully saturated rings. The molecule has 2 aromatic carbocycles. The standard InChI is InChI=1S/C22H22F2N4O2/c23-17-8-4-15(5-9-17)13-25-20(29)14-28-12-2-1-3-19(28)22-26-21(27-30-22)16-6-10-18(24)11-7-16/h4-11,19H,1-3,12-14H2,(H,25,29). The zero-order valence-corrected chi connectivity index (χ0v) is 16.4. The Hall–Kier alpha value is -3.13. The highest BCUT2D eigenvalue weighted by Crippen LogP contribution is 2.30. The first-order valence-electron chi connectivity index (χ1n) is 9.93. The minimum absolute atomic E-state index is 0.121. The van der Waals surface area contributed by atoms with Crippen LogP contribution in [0.25, 0.3) is 11.4 Å². The molecule has 156 valence electrons. The molecule has 0 saturated carbocycles. The topological polar surface area (TPSA) is 71.3 Å². The van der Waals surface area contributed by atoms with E-state index in [1.165, 1.54) is 24.3 Å². The van der Waals surface area contributed by atoms with Crippen molar-refractivity contribution in [2.24, 2.45) is 0 Å². The number of hydrogen-bond donors (Lipinski definition) is 1. The van der Waals surface area contributed by atoms with Crippen LogP contribution in [-0.2, 0) is 11.3 Å². The predicted molar refractivity (Wildman–Crippen MR) is 106 cm³/mol. The van der Waals surface area contributed by atoms with E-state index < -0.39 is 0 Å². The molecule has 8 heteroatoms. The second-order valence-electron chi connectivity index (χ2n) is 7.35. The predicted octanol–water partition coefficient (Wildman–Crippen LogP) is 3.86. The Morgan fingerprint density at radius 2 is 1.77 bits per heavy atom. The smallest absolute Gasteiger partial charge is 0.244 e. The van der Waals surface area contributed by atoms with Crippen molar-refractivity contribution in [3.05, 3.63) is 71.6 Å². The number of rotatable bonds is 6. The quantitative estimate of drug-likeness (QED) is 0.666. The Balaban J connectivity index is 1.39. The van der Waals surface area contributed by atoms with Gasteiger partial charge in [-0.25, -0.2) is 8.78 Å². The van der Waals surface area contributed by atoms with Crippen LogP contribution in [0.1, 0.15) is 36.8 Å². The van der Waals surface area contributed by atoms with Gasteiger partial charge in [0.2, 0.25) is 17.6 Å². The number of amides is 1. The number of nitrogens with one attached hydrogen (secondary N) is 1. The number of carbonyl (C=O) groups is 1. The molecule has 0 bridgehead atoms. The minimum Gasteiger partial charge on any atom is -0.351 e. The van der Waals surface area contributed by atoms with E-state index in [4.69, 9.17) is 4.52 Å². The van der Waals surface area contributed by atoms with Crippen LogP contribution in [0, 0.1) is 11.6 Å². The van der Waals surface area contributed by atoms with Crippen LogP contribution in [0.5, 0.6) is 0 Å². The van der Waals surface area contributed by atoms with Crippen molar-refractivity contribution in [1.82, 2.24) is 20.4 Å². The second kappa shape index (κ2) is 9.13. The van der Waals surface area contributed by atoms with E-state index in [-0.39, 0.29) is 30.1 Å². The van der Waals surface area contributed by atoms with Crippen LogP contribution in [-0.4, -0.2) is 34.0 Å². The molecule has 1 N–H and O–H groups in total. The molecule has 4 rings (SSSR count). The molecular weight excluding hydrogens is 390 g/mol. The Morgan fingerprint density at radius 3 is 2.50 bits per heavy atom. The maximum Gasteiger partial charge on any atom is 0.244 e. The van der Waals surface area contributed by atoms with Gasteiger partial charge in [-0.15, -0.1) is 0 Å². The molecule has 30 heavy (non-hydrogen) atoms. The van der Waals surface area contributed by atoms with Crippen molar-refractivity contribution in [3.63, 3.8) is 0 Å². The summed E-state index contributed by atoms with van der Waals surface area (Å²) in [4.78, 5) is 19.0. The van der Waals surface area contributed by atoms with Crippen LogP contribution < -0.4 is 5.32 Å². The molecular formula is C22H22F2N4O2. The molecule has 1 atom stereocenters. The number of halogens is 2. The van der Waals surface area contributed by atoms with Crippen molar-refractivity contribution in [3.8, 4) is 11.4 Å². The molecule has 1 aromatic heterocycles. The van der Waals surface area contributed by atoms with Gasteiger partial charge in [0.1, 0.15) is 11.6 Å². The molecule has 1 unspecified atom stereocenters. The summed E-state index contributed by atoms with van der Waals surface area (Å²) in [6, 6.07) is 11.8. The molecule has 1 aliphatic rings. The lowest BCUT2D eigenvalue weighted by Gasteiger charge is -2.32. The zero-order chi connectivity index (χ0) is 20.9. The number of nitrogens with zero attached hydrogens (tertiary/aromatic N) is 3. The molecule has 0 aliphatic carbocycles. The van der Waals surface area contributed by atoms with Crippen LogP contribution in [0.3, 0.4) is 0 Å². The Kier molecular flexibility index (Phi) is 6.13. The van der Waals surface area contributed by atoms with E-state index in [1.807, 2.05) is 4.90 Å². The first kappa shape index (κ1) is 20.2. The van der Waals surface area contributed by atoms with Crippen LogP contribution >= 0.6 is 0 Å². The molecule has 0 radical (unpaired) electrons. The fourth-order valence-electron chi connectivity index (χ4n) is 3.59. The van der Waals surface area contributed by atoms with Gasteiger partial charge in [-0.2, -0.15) is 4.98 Å². The van der Waals surface area contributed by atoms with E-state index in [9.17, 15) is 13.6 Å². The van der Waals surface area contributed by atoms with E-state index >= 15 is 0 Å². The highest BCUT2D eigenvalue weighted by atomic mass is 19.1. The second-order valence-corrected chi connectivity index (χ2v) is 7.35. The Bertz CT molecular complexity index is 989. The first-order valence-corrected chi connectivity index (χ1v) is 9.93. The fourth-order valence-corrected chi connectivity index (χ4v) is 3.59. The summed E-state index contributed by atoms with van der Waals surface area (Å²) < 4.78 is 31.6. The summed E-state index contributed by atoms with van der Waals surface area (Å²) in [5, 5.41) is 6.89. The third kappa shape index (κ3) is 4.88. The Morgan fingerprint density at radius 1 is 1.07 bits per heavy atom. The SMILES string of the molecule is O=C(CN1CCCCC1c1nc(-c2ccc(F)cc2)no1)NCc1ccc(F)cc1. The van der Waals surface area contributed by atoms with Gasteiger partial charge in [0.05, 0.1) is 12.6 Å². The first-order chi connectivity index (χ1) is 14.6. The van der Waals surface area contributed by atoms with Gasteiger partial charge in [-0.05, 0) is 61.3 Å². The van der Waals surface area contributed by atoms with Gasteiger partial charge in [0.25, 0.3) is 0 Å². The molecule has 6 nitrogen and oxygen atoms in total. The highest BCUT2D eigenvalue weighted by Gasteiger charge is 2.30. The number of carbonyl (C=O) groups excluding carboxylic acids is 1. The van der Waals surface area contributed by atoms with Gasteiger partial charge in [0, 0.05) is 12.1 Å². The van der Waals surface area contributed by atoms with Crippen LogP contribution in [0.4, 0.5) is 8.78 Å². The van der Waals surface area contributed by atoms with Gasteiger partial charge < -0.3 is 9.84 Å². The van der Waals surface area contributed by atoms with Gasteiger partial charge in [0.15, 0.2) is 0 Å². The summed E-state index contributed by atoms with van der Waals surface area (Å²) >= 11 is 0. The lowest BCUT2D eigenvalue weighted by Crippen LogP contribution is -2.41. The van der Waals surface area contributed by atoms with Crippen LogP contribution in [0.15, 0.2) is 53.1 Å².